The summed E-state index contributed by atoms with van der Waals surface area (Å²) in [5, 5.41) is 0.978. The first-order chi connectivity index (χ1) is 9.40. The Morgan fingerprint density at radius 3 is 2.55 bits per heavy atom. The van der Waals surface area contributed by atoms with Gasteiger partial charge in [-0.3, -0.25) is 4.79 Å². The molecule has 1 aliphatic rings. The van der Waals surface area contributed by atoms with Gasteiger partial charge in [-0.05, 0) is 39.2 Å². The lowest BCUT2D eigenvalue weighted by Crippen LogP contribution is -2.25. The zero-order valence-electron chi connectivity index (χ0n) is 12.5. The Morgan fingerprint density at radius 1 is 1.35 bits per heavy atom. The third-order valence-electron chi connectivity index (χ3n) is 4.15. The zero-order valence-corrected chi connectivity index (χ0v) is 14.1. The quantitative estimate of drug-likeness (QED) is 0.590. The average molecular weight is 339 g/mol. The molecule has 1 aromatic rings. The summed E-state index contributed by atoms with van der Waals surface area (Å²) in [6.07, 6.45) is 2.20. The van der Waals surface area contributed by atoms with Crippen LogP contribution in [0.4, 0.5) is 0 Å². The van der Waals surface area contributed by atoms with Gasteiger partial charge in [0.1, 0.15) is 0 Å². The maximum absolute atomic E-state index is 11.9. The molecule has 0 heterocycles. The van der Waals surface area contributed by atoms with Gasteiger partial charge < -0.3 is 4.74 Å². The molecule has 0 bridgehead atoms. The summed E-state index contributed by atoms with van der Waals surface area (Å²) in [5.41, 5.74) is 1.15. The lowest BCUT2D eigenvalue weighted by molar-refractivity contribution is -0.153. The summed E-state index contributed by atoms with van der Waals surface area (Å²) in [4.78, 5) is 11.9. The van der Waals surface area contributed by atoms with E-state index in [4.69, 9.17) is 4.74 Å². The Morgan fingerprint density at radius 2 is 2.00 bits per heavy atom. The number of ether oxygens (including phenoxy) is 1. The van der Waals surface area contributed by atoms with Crippen LogP contribution in [-0.4, -0.2) is 17.9 Å². The van der Waals surface area contributed by atoms with Crippen molar-refractivity contribution >= 4 is 21.9 Å². The molecule has 2 rings (SSSR count). The number of benzene rings is 1. The lowest BCUT2D eigenvalue weighted by atomic mass is 9.90. The van der Waals surface area contributed by atoms with Crippen LogP contribution >= 0.6 is 15.9 Å². The molecule has 2 atom stereocenters. The Hall–Kier alpha value is -0.830. The summed E-state index contributed by atoms with van der Waals surface area (Å²) in [7, 11) is 0. The first-order valence-corrected chi connectivity index (χ1v) is 8.31. The molecule has 0 N–H and O–H groups in total. The molecule has 0 radical (unpaired) electrons. The van der Waals surface area contributed by atoms with Crippen LogP contribution in [0.1, 0.15) is 39.2 Å². The fourth-order valence-electron chi connectivity index (χ4n) is 2.73. The van der Waals surface area contributed by atoms with Crippen molar-refractivity contribution in [2.45, 2.75) is 39.0 Å². The molecule has 0 spiro atoms. The fraction of sp³-hybridized carbons (Fsp3) is 0.588. The number of halogens is 1. The highest BCUT2D eigenvalue weighted by Crippen LogP contribution is 2.57. The van der Waals surface area contributed by atoms with E-state index in [-0.39, 0.29) is 11.4 Å². The molecule has 0 aliphatic heterocycles. The molecule has 110 valence electrons. The number of hydrogen-bond donors (Lipinski definition) is 0. The molecule has 0 unspecified atom stereocenters. The average Bonchev–Trinajstić information content (AvgIpc) is 3.11. The second-order valence-electron chi connectivity index (χ2n) is 6.71. The molecule has 0 saturated heterocycles. The van der Waals surface area contributed by atoms with Crippen LogP contribution in [0, 0.1) is 11.3 Å². The van der Waals surface area contributed by atoms with Gasteiger partial charge in [0.2, 0.25) is 0 Å². The molecule has 0 aromatic heterocycles. The molecule has 3 heteroatoms. The topological polar surface area (TPSA) is 26.3 Å². The van der Waals surface area contributed by atoms with Crippen molar-refractivity contribution in [3.8, 4) is 0 Å². The maximum Gasteiger partial charge on any atom is 0.311 e. The Labute approximate surface area is 130 Å². The molecule has 1 saturated carbocycles. The SMILES string of the molecule is CC(C)(C)C(=O)OC[C@@H]1C[C@]1(CCBr)c1ccccc1. The number of carbonyl (C=O) groups is 1. The molecule has 1 fully saturated rings. The number of hydrogen-bond acceptors (Lipinski definition) is 2. The highest BCUT2D eigenvalue weighted by Gasteiger charge is 2.54. The smallest absolute Gasteiger partial charge is 0.311 e. The predicted octanol–water partition coefficient (Wildman–Crippen LogP) is 4.32. The van der Waals surface area contributed by atoms with Gasteiger partial charge in [0.15, 0.2) is 0 Å². The van der Waals surface area contributed by atoms with E-state index in [9.17, 15) is 4.79 Å². The second kappa shape index (κ2) is 5.88. The van der Waals surface area contributed by atoms with Gasteiger partial charge in [0.25, 0.3) is 0 Å². The van der Waals surface area contributed by atoms with E-state index >= 15 is 0 Å². The zero-order chi connectivity index (χ0) is 14.8. The van der Waals surface area contributed by atoms with Crippen LogP contribution in [0.2, 0.25) is 0 Å². The standard InChI is InChI=1S/C17H23BrO2/c1-16(2,3)15(19)20-12-14-11-17(14,9-10-18)13-7-5-4-6-8-13/h4-8,14H,9-12H2,1-3H3/t14-,17+/m0/s1. The largest absolute Gasteiger partial charge is 0.465 e. The van der Waals surface area contributed by atoms with Crippen LogP contribution in [0.3, 0.4) is 0 Å². The summed E-state index contributed by atoms with van der Waals surface area (Å²) >= 11 is 3.55. The van der Waals surface area contributed by atoms with Crippen molar-refractivity contribution in [1.82, 2.24) is 0 Å². The number of carbonyl (C=O) groups excluding carboxylic acids is 1. The van der Waals surface area contributed by atoms with Gasteiger partial charge in [0, 0.05) is 16.7 Å². The molecule has 20 heavy (non-hydrogen) atoms. The summed E-state index contributed by atoms with van der Waals surface area (Å²) in [5.74, 6) is 0.346. The number of esters is 1. The van der Waals surface area contributed by atoms with Gasteiger partial charge in [0.05, 0.1) is 12.0 Å². The van der Waals surface area contributed by atoms with Crippen molar-refractivity contribution in [3.05, 3.63) is 35.9 Å². The minimum absolute atomic E-state index is 0.106. The first-order valence-electron chi connectivity index (χ1n) is 7.19. The van der Waals surface area contributed by atoms with Gasteiger partial charge in [-0.2, -0.15) is 0 Å². The van der Waals surface area contributed by atoms with E-state index in [1.807, 2.05) is 26.8 Å². The predicted molar refractivity (Wildman–Crippen MR) is 85.1 cm³/mol. The van der Waals surface area contributed by atoms with E-state index in [1.54, 1.807) is 0 Å². The monoisotopic (exact) mass is 338 g/mol. The molecule has 0 amide bonds. The van der Waals surface area contributed by atoms with Crippen LogP contribution in [-0.2, 0) is 14.9 Å². The normalized spacial score (nSPS) is 25.3. The molecule has 1 aromatic carbocycles. The second-order valence-corrected chi connectivity index (χ2v) is 7.50. The van der Waals surface area contributed by atoms with Crippen molar-refractivity contribution < 1.29 is 9.53 Å². The van der Waals surface area contributed by atoms with Crippen LogP contribution in [0.15, 0.2) is 30.3 Å². The van der Waals surface area contributed by atoms with Gasteiger partial charge in [-0.15, -0.1) is 0 Å². The first kappa shape index (κ1) is 15.6. The summed E-state index contributed by atoms with van der Waals surface area (Å²) < 4.78 is 5.50. The van der Waals surface area contributed by atoms with E-state index in [1.165, 1.54) is 5.56 Å². The lowest BCUT2D eigenvalue weighted by Gasteiger charge is -2.19. The van der Waals surface area contributed by atoms with Crippen molar-refractivity contribution in [1.29, 1.82) is 0 Å². The Kier molecular flexibility index (Phi) is 4.58. The van der Waals surface area contributed by atoms with Gasteiger partial charge in [-0.25, -0.2) is 0 Å². The van der Waals surface area contributed by atoms with Crippen molar-refractivity contribution in [2.75, 3.05) is 11.9 Å². The molecular formula is C17H23BrO2. The third-order valence-corrected chi connectivity index (χ3v) is 4.55. The number of rotatable bonds is 5. The van der Waals surface area contributed by atoms with E-state index in [0.29, 0.717) is 12.5 Å². The minimum Gasteiger partial charge on any atom is -0.465 e. The van der Waals surface area contributed by atoms with Crippen molar-refractivity contribution in [2.24, 2.45) is 11.3 Å². The van der Waals surface area contributed by atoms with Crippen LogP contribution < -0.4 is 0 Å². The molecule has 2 nitrogen and oxygen atoms in total. The van der Waals surface area contributed by atoms with E-state index in [2.05, 4.69) is 40.2 Å². The third kappa shape index (κ3) is 3.25. The number of alkyl halides is 1. The van der Waals surface area contributed by atoms with Gasteiger partial charge in [-0.1, -0.05) is 46.3 Å². The van der Waals surface area contributed by atoms with Crippen LogP contribution in [0.25, 0.3) is 0 Å². The highest BCUT2D eigenvalue weighted by molar-refractivity contribution is 9.09. The molecular weight excluding hydrogens is 316 g/mol. The summed E-state index contributed by atoms with van der Waals surface area (Å²) in [6.45, 7) is 6.22. The Bertz CT molecular complexity index is 464. The minimum atomic E-state index is -0.417. The van der Waals surface area contributed by atoms with Gasteiger partial charge >= 0.3 is 5.97 Å². The van der Waals surface area contributed by atoms with E-state index < -0.39 is 5.41 Å². The van der Waals surface area contributed by atoms with Crippen LogP contribution in [0.5, 0.6) is 0 Å². The molecule has 1 aliphatic carbocycles. The highest BCUT2D eigenvalue weighted by atomic mass is 79.9. The maximum atomic E-state index is 11.9. The summed E-state index contributed by atoms with van der Waals surface area (Å²) in [6, 6.07) is 10.6. The van der Waals surface area contributed by atoms with E-state index in [0.717, 1.165) is 18.2 Å². The Balaban J connectivity index is 2.00. The fourth-order valence-corrected chi connectivity index (χ4v) is 3.44. The van der Waals surface area contributed by atoms with Crippen molar-refractivity contribution in [3.63, 3.8) is 0 Å².